The van der Waals surface area contributed by atoms with Crippen LogP contribution in [0.5, 0.6) is 0 Å². The van der Waals surface area contributed by atoms with Crippen molar-refractivity contribution in [3.05, 3.63) is 57.2 Å². The van der Waals surface area contributed by atoms with Gasteiger partial charge in [0.05, 0.1) is 10.9 Å². The molecule has 2 N–H and O–H groups in total. The lowest BCUT2D eigenvalue weighted by atomic mass is 9.78. The molecule has 5 nitrogen and oxygen atoms in total. The van der Waals surface area contributed by atoms with Crippen molar-refractivity contribution in [1.29, 1.82) is 0 Å². The zero-order chi connectivity index (χ0) is 20.0. The maximum absolute atomic E-state index is 13.9. The Bertz CT molecular complexity index is 875. The number of ketones is 1. The molecular weight excluding hydrogens is 405 g/mol. The summed E-state index contributed by atoms with van der Waals surface area (Å²) in [7, 11) is 0.792. The third kappa shape index (κ3) is 3.09. The van der Waals surface area contributed by atoms with Gasteiger partial charge in [-0.3, -0.25) is 9.69 Å². The van der Waals surface area contributed by atoms with Gasteiger partial charge in [-0.1, -0.05) is 35.9 Å². The lowest BCUT2D eigenvalue weighted by Gasteiger charge is -2.49. The van der Waals surface area contributed by atoms with Crippen LogP contribution in [0.4, 0.5) is 18.0 Å². The van der Waals surface area contributed by atoms with Crippen LogP contribution in [-0.2, 0) is 0 Å². The van der Waals surface area contributed by atoms with Crippen molar-refractivity contribution in [2.24, 2.45) is 5.92 Å². The number of nitrogens with zero attached hydrogens (tertiary/aromatic N) is 1. The van der Waals surface area contributed by atoms with E-state index >= 15 is 0 Å². The third-order valence-corrected chi connectivity index (χ3v) is 5.79. The van der Waals surface area contributed by atoms with Gasteiger partial charge in [0.15, 0.2) is 5.78 Å². The third-order valence-electron chi connectivity index (χ3n) is 4.57. The van der Waals surface area contributed by atoms with Gasteiger partial charge in [-0.2, -0.15) is 13.2 Å². The Kier molecular flexibility index (Phi) is 4.96. The van der Waals surface area contributed by atoms with Crippen molar-refractivity contribution in [3.8, 4) is 0 Å². The van der Waals surface area contributed by atoms with Crippen molar-refractivity contribution in [2.45, 2.75) is 17.9 Å². The van der Waals surface area contributed by atoms with Crippen LogP contribution in [-0.4, -0.2) is 40.8 Å². The van der Waals surface area contributed by atoms with Gasteiger partial charge in [0.25, 0.3) is 5.72 Å². The molecule has 0 bridgehead atoms. The number of amides is 2. The predicted molar refractivity (Wildman–Crippen MR) is 93.6 cm³/mol. The number of halogens is 4. The molecule has 1 aromatic heterocycles. The molecule has 0 saturated carbocycles. The summed E-state index contributed by atoms with van der Waals surface area (Å²) in [6.07, 6.45) is -5.28. The van der Waals surface area contributed by atoms with E-state index < -0.39 is 35.7 Å². The number of thiophene rings is 1. The first-order valence-corrected chi connectivity index (χ1v) is 9.00. The molecule has 2 aromatic rings. The molecule has 2 amide bonds. The van der Waals surface area contributed by atoms with Crippen LogP contribution in [0.15, 0.2) is 41.8 Å². The van der Waals surface area contributed by atoms with Crippen LogP contribution in [0, 0.1) is 5.92 Å². The molecule has 3 atom stereocenters. The first-order valence-electron chi connectivity index (χ1n) is 7.74. The number of hydrogen-bond acceptors (Lipinski definition) is 4. The van der Waals surface area contributed by atoms with Crippen molar-refractivity contribution >= 4 is 34.8 Å². The van der Waals surface area contributed by atoms with Gasteiger partial charge in [0, 0.05) is 12.1 Å². The smallest absolute Gasteiger partial charge is 0.363 e. The second-order valence-electron chi connectivity index (χ2n) is 6.05. The topological polar surface area (TPSA) is 69.6 Å². The van der Waals surface area contributed by atoms with E-state index in [9.17, 15) is 27.9 Å². The highest BCUT2D eigenvalue weighted by molar-refractivity contribution is 7.12. The van der Waals surface area contributed by atoms with Gasteiger partial charge in [-0.25, -0.2) is 4.79 Å². The highest BCUT2D eigenvalue weighted by atomic mass is 35.5. The van der Waals surface area contributed by atoms with Gasteiger partial charge < -0.3 is 10.4 Å². The summed E-state index contributed by atoms with van der Waals surface area (Å²) in [4.78, 5) is 25.3. The van der Waals surface area contributed by atoms with Crippen LogP contribution < -0.4 is 5.32 Å². The minimum absolute atomic E-state index is 0.0317. The van der Waals surface area contributed by atoms with Crippen molar-refractivity contribution < 1.29 is 27.9 Å². The van der Waals surface area contributed by atoms with E-state index in [0.29, 0.717) is 0 Å². The van der Waals surface area contributed by atoms with Crippen LogP contribution in [0.1, 0.15) is 21.3 Å². The Morgan fingerprint density at radius 3 is 2.52 bits per heavy atom. The van der Waals surface area contributed by atoms with Crippen LogP contribution in [0.2, 0.25) is 5.02 Å². The molecule has 1 aliphatic rings. The average molecular weight is 419 g/mol. The summed E-state index contributed by atoms with van der Waals surface area (Å²) in [5.41, 5.74) is -3.60. The predicted octanol–water partition coefficient (Wildman–Crippen LogP) is 3.85. The fourth-order valence-electron chi connectivity index (χ4n) is 3.17. The van der Waals surface area contributed by atoms with E-state index in [2.05, 4.69) is 5.32 Å². The van der Waals surface area contributed by atoms with Gasteiger partial charge in [0.1, 0.15) is 5.92 Å². The fraction of sp³-hybridized carbons (Fsp3) is 0.294. The number of rotatable bonds is 3. The average Bonchev–Trinajstić information content (AvgIpc) is 3.13. The highest BCUT2D eigenvalue weighted by Crippen LogP contribution is 2.48. The standard InChI is InChI=1S/C17H14ClF3N2O3S/c1-23-15(25)22-13(9-5-2-3-6-10(9)18)12(16(23,26)17(19,20)21)14(24)11-7-4-8-27-11/h2-8,12-13,26H,1H3,(H,22,25)/t12-,13+,16+/m0/s1. The molecule has 144 valence electrons. The quantitative estimate of drug-likeness (QED) is 0.744. The minimum atomic E-state index is -5.28. The summed E-state index contributed by atoms with van der Waals surface area (Å²) in [6, 6.07) is 6.16. The molecule has 1 aromatic carbocycles. The Morgan fingerprint density at radius 1 is 1.30 bits per heavy atom. The van der Waals surface area contributed by atoms with Crippen LogP contribution >= 0.6 is 22.9 Å². The van der Waals surface area contributed by atoms with Gasteiger partial charge in [-0.05, 0) is 23.1 Å². The zero-order valence-corrected chi connectivity index (χ0v) is 15.4. The Hall–Kier alpha value is -2.10. The molecule has 10 heteroatoms. The maximum Gasteiger partial charge on any atom is 0.437 e. The molecule has 0 aliphatic carbocycles. The highest BCUT2D eigenvalue weighted by Gasteiger charge is 2.69. The number of nitrogens with one attached hydrogen (secondary N) is 1. The lowest BCUT2D eigenvalue weighted by Crippen LogP contribution is -2.72. The first kappa shape index (κ1) is 19.7. The number of hydrogen-bond donors (Lipinski definition) is 2. The largest absolute Gasteiger partial charge is 0.437 e. The summed E-state index contributed by atoms with van der Waals surface area (Å²) in [5.74, 6) is -3.00. The van der Waals surface area contributed by atoms with E-state index in [-0.39, 0.29) is 20.4 Å². The van der Waals surface area contributed by atoms with Crippen LogP contribution in [0.3, 0.4) is 0 Å². The molecule has 1 fully saturated rings. The number of carbonyl (C=O) groups is 2. The molecule has 0 unspecified atom stereocenters. The maximum atomic E-state index is 13.9. The normalized spacial score (nSPS) is 26.0. The van der Waals surface area contributed by atoms with Gasteiger partial charge in [0.2, 0.25) is 0 Å². The fourth-order valence-corrected chi connectivity index (χ4v) is 4.12. The van der Waals surface area contributed by atoms with E-state index in [1.54, 1.807) is 6.07 Å². The molecule has 27 heavy (non-hydrogen) atoms. The van der Waals surface area contributed by atoms with E-state index in [0.717, 1.165) is 18.4 Å². The molecule has 2 heterocycles. The SMILES string of the molecule is CN1C(=O)N[C@H](c2ccccc2Cl)[C@@H](C(=O)c2cccs2)[C@@]1(O)C(F)(F)F. The lowest BCUT2D eigenvalue weighted by molar-refractivity contribution is -0.322. The summed E-state index contributed by atoms with van der Waals surface area (Å²) < 4.78 is 41.8. The van der Waals surface area contributed by atoms with Gasteiger partial charge >= 0.3 is 12.2 Å². The summed E-state index contributed by atoms with van der Waals surface area (Å²) >= 11 is 7.05. The molecule has 1 saturated heterocycles. The number of benzene rings is 1. The second-order valence-corrected chi connectivity index (χ2v) is 7.41. The molecule has 0 spiro atoms. The number of carbonyl (C=O) groups excluding carboxylic acids is 2. The molecule has 1 aliphatic heterocycles. The molecule has 3 rings (SSSR count). The van der Waals surface area contributed by atoms with Crippen LogP contribution in [0.25, 0.3) is 0 Å². The Labute approximate surface area is 161 Å². The second kappa shape index (κ2) is 6.81. The number of urea groups is 1. The van der Waals surface area contributed by atoms with Crippen molar-refractivity contribution in [2.75, 3.05) is 7.05 Å². The van der Waals surface area contributed by atoms with E-state index in [1.807, 2.05) is 0 Å². The zero-order valence-electron chi connectivity index (χ0n) is 13.8. The number of aliphatic hydroxyl groups is 1. The monoisotopic (exact) mass is 418 g/mol. The van der Waals surface area contributed by atoms with E-state index in [4.69, 9.17) is 11.6 Å². The van der Waals surface area contributed by atoms with Crippen molar-refractivity contribution in [3.63, 3.8) is 0 Å². The van der Waals surface area contributed by atoms with E-state index in [1.165, 1.54) is 35.7 Å². The number of Topliss-reactive ketones (excluding diaryl/α,β-unsaturated/α-hetero) is 1. The Morgan fingerprint density at radius 2 is 1.96 bits per heavy atom. The van der Waals surface area contributed by atoms with Crippen molar-refractivity contribution in [1.82, 2.24) is 10.2 Å². The number of alkyl halides is 3. The van der Waals surface area contributed by atoms with Gasteiger partial charge in [-0.15, -0.1) is 11.3 Å². The Balaban J connectivity index is 2.23. The summed E-state index contributed by atoms with van der Waals surface area (Å²) in [5, 5.41) is 14.7. The first-order chi connectivity index (χ1) is 12.6. The summed E-state index contributed by atoms with van der Waals surface area (Å²) in [6.45, 7) is 0. The molecule has 0 radical (unpaired) electrons. The minimum Gasteiger partial charge on any atom is -0.363 e. The molecular formula is C17H14ClF3N2O3S.